The molecule has 1 aliphatic carbocycles. The van der Waals surface area contributed by atoms with Crippen LogP contribution in [0.25, 0.3) is 0 Å². The number of carbonyl (C=O) groups excluding carboxylic acids is 2. The largest absolute Gasteiger partial charge is 0.493 e. The molecule has 0 heterocycles. The second-order valence-corrected chi connectivity index (χ2v) is 7.24. The number of nitrogens with one attached hydrogen (secondary N) is 1. The monoisotopic (exact) mass is 405 g/mol. The van der Waals surface area contributed by atoms with Crippen molar-refractivity contribution in [3.8, 4) is 11.5 Å². The smallest absolute Gasteiger partial charge is 0.260 e. The van der Waals surface area contributed by atoms with Crippen LogP contribution in [0.15, 0.2) is 24.3 Å². The van der Waals surface area contributed by atoms with E-state index >= 15 is 0 Å². The minimum absolute atomic E-state index is 0.00589. The Bertz CT molecular complexity index is 645. The summed E-state index contributed by atoms with van der Waals surface area (Å²) in [5.74, 6) is 1.05. The molecule has 1 fully saturated rings. The fourth-order valence-electron chi connectivity index (χ4n) is 3.24. The molecule has 0 spiro atoms. The van der Waals surface area contributed by atoms with E-state index in [1.54, 1.807) is 24.1 Å². The summed E-state index contributed by atoms with van der Waals surface area (Å²) in [6.07, 6.45) is 3.24. The lowest BCUT2D eigenvalue weighted by atomic mass is 10.3. The van der Waals surface area contributed by atoms with E-state index in [0.717, 1.165) is 38.9 Å². The summed E-state index contributed by atoms with van der Waals surface area (Å²) in [4.78, 5) is 28.9. The van der Waals surface area contributed by atoms with Gasteiger partial charge in [-0.25, -0.2) is 0 Å². The van der Waals surface area contributed by atoms with Crippen molar-refractivity contribution in [3.63, 3.8) is 0 Å². The standard InChI is InChI=1S/C22H35N3O4/c1-4-24(5-2)15-8-14-23-21(26)13-16-25(18-11-12-18)22(27)17-29-20-10-7-6-9-19(20)28-3/h6-7,9-10,18H,4-5,8,11-17H2,1-3H3,(H,23,26). The lowest BCUT2D eigenvalue weighted by Gasteiger charge is -2.22. The maximum atomic E-state index is 12.6. The van der Waals surface area contributed by atoms with Gasteiger partial charge < -0.3 is 24.6 Å². The molecule has 0 aromatic heterocycles. The molecule has 2 amide bonds. The molecule has 0 atom stereocenters. The van der Waals surface area contributed by atoms with E-state index in [4.69, 9.17) is 9.47 Å². The molecule has 162 valence electrons. The van der Waals surface area contributed by atoms with Gasteiger partial charge in [-0.2, -0.15) is 0 Å². The topological polar surface area (TPSA) is 71.1 Å². The Labute approximate surface area is 174 Å². The first-order valence-corrected chi connectivity index (χ1v) is 10.6. The van der Waals surface area contributed by atoms with Gasteiger partial charge in [-0.1, -0.05) is 26.0 Å². The quantitative estimate of drug-likeness (QED) is 0.481. The Morgan fingerprint density at radius 2 is 1.79 bits per heavy atom. The van der Waals surface area contributed by atoms with Gasteiger partial charge in [0.25, 0.3) is 5.91 Å². The number of amides is 2. The zero-order chi connectivity index (χ0) is 21.1. The molecule has 0 radical (unpaired) electrons. The first-order valence-electron chi connectivity index (χ1n) is 10.6. The number of hydrogen-bond acceptors (Lipinski definition) is 5. The van der Waals surface area contributed by atoms with E-state index in [-0.39, 0.29) is 24.5 Å². The molecule has 1 aromatic rings. The second-order valence-electron chi connectivity index (χ2n) is 7.24. The first kappa shape index (κ1) is 23.0. The van der Waals surface area contributed by atoms with Crippen LogP contribution in [0, 0.1) is 0 Å². The van der Waals surface area contributed by atoms with Crippen LogP contribution in [0.4, 0.5) is 0 Å². The minimum Gasteiger partial charge on any atom is -0.493 e. The molecule has 0 unspecified atom stereocenters. The highest BCUT2D eigenvalue weighted by atomic mass is 16.5. The van der Waals surface area contributed by atoms with E-state index in [9.17, 15) is 9.59 Å². The van der Waals surface area contributed by atoms with Crippen LogP contribution in [0.3, 0.4) is 0 Å². The average molecular weight is 406 g/mol. The van der Waals surface area contributed by atoms with Gasteiger partial charge in [0.15, 0.2) is 18.1 Å². The lowest BCUT2D eigenvalue weighted by molar-refractivity contribution is -0.134. The van der Waals surface area contributed by atoms with Crippen LogP contribution in [0.5, 0.6) is 11.5 Å². The Morgan fingerprint density at radius 1 is 1.10 bits per heavy atom. The molecule has 1 saturated carbocycles. The molecule has 7 nitrogen and oxygen atoms in total. The third kappa shape index (κ3) is 7.93. The van der Waals surface area contributed by atoms with Crippen LogP contribution in [-0.4, -0.2) is 74.1 Å². The zero-order valence-electron chi connectivity index (χ0n) is 18.0. The van der Waals surface area contributed by atoms with Crippen molar-refractivity contribution in [1.29, 1.82) is 0 Å². The fraction of sp³-hybridized carbons (Fsp3) is 0.636. The van der Waals surface area contributed by atoms with E-state index in [1.807, 2.05) is 12.1 Å². The third-order valence-electron chi connectivity index (χ3n) is 5.18. The van der Waals surface area contributed by atoms with E-state index in [0.29, 0.717) is 31.0 Å². The van der Waals surface area contributed by atoms with Crippen LogP contribution in [0.2, 0.25) is 0 Å². The molecular weight excluding hydrogens is 370 g/mol. The maximum Gasteiger partial charge on any atom is 0.260 e. The van der Waals surface area contributed by atoms with Gasteiger partial charge in [-0.3, -0.25) is 9.59 Å². The molecule has 0 bridgehead atoms. The summed E-state index contributed by atoms with van der Waals surface area (Å²) in [7, 11) is 1.57. The number of ether oxygens (including phenoxy) is 2. The van der Waals surface area contributed by atoms with Crippen LogP contribution in [-0.2, 0) is 9.59 Å². The lowest BCUT2D eigenvalue weighted by Crippen LogP contribution is -2.39. The molecular formula is C22H35N3O4. The fourth-order valence-corrected chi connectivity index (χ4v) is 3.24. The number of benzene rings is 1. The highest BCUT2D eigenvalue weighted by Crippen LogP contribution is 2.28. The second kappa shape index (κ2) is 12.3. The van der Waals surface area contributed by atoms with Crippen molar-refractivity contribution in [1.82, 2.24) is 15.1 Å². The van der Waals surface area contributed by atoms with E-state index < -0.39 is 0 Å². The summed E-state index contributed by atoms with van der Waals surface area (Å²) < 4.78 is 10.9. The van der Waals surface area contributed by atoms with Crippen LogP contribution in [0.1, 0.15) is 39.5 Å². The van der Waals surface area contributed by atoms with Crippen LogP contribution < -0.4 is 14.8 Å². The van der Waals surface area contributed by atoms with Crippen molar-refractivity contribution < 1.29 is 19.1 Å². The first-order chi connectivity index (χ1) is 14.1. The molecule has 1 aromatic carbocycles. The van der Waals surface area contributed by atoms with Gasteiger partial charge in [0.1, 0.15) is 0 Å². The van der Waals surface area contributed by atoms with Gasteiger partial charge in [-0.15, -0.1) is 0 Å². The van der Waals surface area contributed by atoms with Crippen molar-refractivity contribution in [3.05, 3.63) is 24.3 Å². The molecule has 7 heteroatoms. The highest BCUT2D eigenvalue weighted by Gasteiger charge is 2.32. The minimum atomic E-state index is -0.0901. The Morgan fingerprint density at radius 3 is 2.41 bits per heavy atom. The number of hydrogen-bond donors (Lipinski definition) is 1. The number of methoxy groups -OCH3 is 1. The number of rotatable bonds is 14. The van der Waals surface area contributed by atoms with Gasteiger partial charge in [-0.05, 0) is 51.0 Å². The Balaban J connectivity index is 1.72. The SMILES string of the molecule is CCN(CC)CCCNC(=O)CCN(C(=O)COc1ccccc1OC)C1CC1. The van der Waals surface area contributed by atoms with Crippen molar-refractivity contribution in [2.75, 3.05) is 46.4 Å². The predicted octanol–water partition coefficient (Wildman–Crippen LogP) is 2.30. The van der Waals surface area contributed by atoms with Gasteiger partial charge in [0, 0.05) is 25.6 Å². The Kier molecular flexibility index (Phi) is 9.77. The average Bonchev–Trinajstić information content (AvgIpc) is 3.58. The normalized spacial score (nSPS) is 13.2. The third-order valence-corrected chi connectivity index (χ3v) is 5.18. The molecule has 29 heavy (non-hydrogen) atoms. The maximum absolute atomic E-state index is 12.6. The van der Waals surface area contributed by atoms with Gasteiger partial charge in [0.2, 0.25) is 5.91 Å². The van der Waals surface area contributed by atoms with Crippen molar-refractivity contribution in [2.45, 2.75) is 45.6 Å². The molecule has 0 aliphatic heterocycles. The summed E-state index contributed by atoms with van der Waals surface area (Å²) in [5.41, 5.74) is 0. The number of nitrogens with zero attached hydrogens (tertiary/aromatic N) is 2. The highest BCUT2D eigenvalue weighted by molar-refractivity contribution is 5.80. The summed E-state index contributed by atoms with van der Waals surface area (Å²) >= 11 is 0. The number of para-hydroxylation sites is 2. The summed E-state index contributed by atoms with van der Waals surface area (Å²) in [5, 5.41) is 2.96. The van der Waals surface area contributed by atoms with E-state index in [2.05, 4.69) is 24.1 Å². The molecule has 0 saturated heterocycles. The Hall–Kier alpha value is -2.28. The van der Waals surface area contributed by atoms with Crippen LogP contribution >= 0.6 is 0 Å². The molecule has 2 rings (SSSR count). The number of carbonyl (C=O) groups is 2. The van der Waals surface area contributed by atoms with Gasteiger partial charge in [0.05, 0.1) is 7.11 Å². The summed E-state index contributed by atoms with van der Waals surface area (Å²) in [6.45, 7) is 8.37. The molecule has 1 N–H and O–H groups in total. The molecule has 1 aliphatic rings. The summed E-state index contributed by atoms with van der Waals surface area (Å²) in [6, 6.07) is 7.50. The zero-order valence-corrected chi connectivity index (χ0v) is 18.0. The van der Waals surface area contributed by atoms with Gasteiger partial charge >= 0.3 is 0 Å². The van der Waals surface area contributed by atoms with Crippen molar-refractivity contribution in [2.24, 2.45) is 0 Å². The van der Waals surface area contributed by atoms with Crippen molar-refractivity contribution >= 4 is 11.8 Å². The van der Waals surface area contributed by atoms with E-state index in [1.165, 1.54) is 0 Å². The predicted molar refractivity (Wildman–Crippen MR) is 113 cm³/mol.